The van der Waals surface area contributed by atoms with Gasteiger partial charge in [0.2, 0.25) is 11.8 Å². The first kappa shape index (κ1) is 17.2. The fourth-order valence-electron chi connectivity index (χ4n) is 1.94. The summed E-state index contributed by atoms with van der Waals surface area (Å²) in [6, 6.07) is 8.37. The van der Waals surface area contributed by atoms with Gasteiger partial charge in [-0.1, -0.05) is 23.2 Å². The van der Waals surface area contributed by atoms with Crippen LogP contribution in [-0.2, 0) is 16.1 Å². The molecular formula is C16H15Cl2N3O2. The molecule has 0 aliphatic carbocycles. The van der Waals surface area contributed by atoms with Gasteiger partial charge in [-0.3, -0.25) is 14.6 Å². The highest BCUT2D eigenvalue weighted by Gasteiger charge is 2.15. The molecule has 1 N–H and O–H groups in total. The van der Waals surface area contributed by atoms with Gasteiger partial charge < -0.3 is 10.2 Å². The van der Waals surface area contributed by atoms with Crippen LogP contribution >= 0.6 is 23.2 Å². The van der Waals surface area contributed by atoms with Crippen LogP contribution in [0.1, 0.15) is 12.5 Å². The second kappa shape index (κ2) is 7.94. The van der Waals surface area contributed by atoms with Crippen LogP contribution in [0.5, 0.6) is 0 Å². The van der Waals surface area contributed by atoms with Crippen LogP contribution in [0.3, 0.4) is 0 Å². The van der Waals surface area contributed by atoms with Crippen molar-refractivity contribution in [3.8, 4) is 0 Å². The Morgan fingerprint density at radius 1 is 1.17 bits per heavy atom. The fraction of sp³-hybridized carbons (Fsp3) is 0.188. The van der Waals surface area contributed by atoms with Gasteiger partial charge in [0.1, 0.15) is 6.54 Å². The quantitative estimate of drug-likeness (QED) is 0.897. The summed E-state index contributed by atoms with van der Waals surface area (Å²) in [5.41, 5.74) is 1.31. The Bertz CT molecular complexity index is 708. The number of carbonyl (C=O) groups is 2. The number of hydrogen-bond acceptors (Lipinski definition) is 3. The summed E-state index contributed by atoms with van der Waals surface area (Å²) in [5.74, 6) is -0.549. The summed E-state index contributed by atoms with van der Waals surface area (Å²) in [6.45, 7) is 1.66. The largest absolute Gasteiger partial charge is 0.329 e. The monoisotopic (exact) mass is 351 g/mol. The summed E-state index contributed by atoms with van der Waals surface area (Å²) in [6.07, 6.45) is 3.28. The van der Waals surface area contributed by atoms with Crippen molar-refractivity contribution in [1.29, 1.82) is 0 Å². The lowest BCUT2D eigenvalue weighted by atomic mass is 10.2. The minimum Gasteiger partial charge on any atom is -0.329 e. The highest BCUT2D eigenvalue weighted by molar-refractivity contribution is 6.35. The van der Waals surface area contributed by atoms with Gasteiger partial charge in [-0.2, -0.15) is 0 Å². The van der Waals surface area contributed by atoms with Crippen molar-refractivity contribution in [3.05, 3.63) is 58.3 Å². The lowest BCUT2D eigenvalue weighted by Crippen LogP contribution is -2.36. The van der Waals surface area contributed by atoms with Gasteiger partial charge in [0.15, 0.2) is 0 Å². The number of rotatable bonds is 5. The van der Waals surface area contributed by atoms with Crippen LogP contribution in [0.2, 0.25) is 10.0 Å². The Morgan fingerprint density at radius 3 is 2.52 bits per heavy atom. The lowest BCUT2D eigenvalue weighted by Gasteiger charge is -2.20. The molecule has 1 aromatic heterocycles. The maximum absolute atomic E-state index is 12.2. The van der Waals surface area contributed by atoms with Crippen LogP contribution in [0.15, 0.2) is 42.7 Å². The summed E-state index contributed by atoms with van der Waals surface area (Å²) >= 11 is 11.9. The summed E-state index contributed by atoms with van der Waals surface area (Å²) in [5, 5.41) is 3.50. The number of benzene rings is 1. The van der Waals surface area contributed by atoms with E-state index in [-0.39, 0.29) is 18.4 Å². The van der Waals surface area contributed by atoms with E-state index in [4.69, 9.17) is 23.2 Å². The zero-order valence-corrected chi connectivity index (χ0v) is 13.9. The normalized spacial score (nSPS) is 10.2. The van der Waals surface area contributed by atoms with E-state index in [9.17, 15) is 9.59 Å². The van der Waals surface area contributed by atoms with Gasteiger partial charge in [-0.25, -0.2) is 0 Å². The molecule has 0 atom stereocenters. The van der Waals surface area contributed by atoms with Crippen molar-refractivity contribution in [2.24, 2.45) is 0 Å². The lowest BCUT2D eigenvalue weighted by molar-refractivity contribution is -0.133. The highest BCUT2D eigenvalue weighted by atomic mass is 35.5. The molecule has 1 aromatic carbocycles. The Morgan fingerprint density at radius 2 is 1.87 bits per heavy atom. The van der Waals surface area contributed by atoms with E-state index in [1.54, 1.807) is 42.7 Å². The summed E-state index contributed by atoms with van der Waals surface area (Å²) in [4.78, 5) is 29.3. The molecule has 5 nitrogen and oxygen atoms in total. The number of nitrogens with zero attached hydrogens (tertiary/aromatic N) is 2. The minimum atomic E-state index is -0.349. The molecule has 0 saturated heterocycles. The van der Waals surface area contributed by atoms with Crippen LogP contribution in [0, 0.1) is 0 Å². The fourth-order valence-corrected chi connectivity index (χ4v) is 2.28. The first-order chi connectivity index (χ1) is 11.0. The third-order valence-corrected chi connectivity index (χ3v) is 3.67. The molecule has 0 aliphatic heterocycles. The molecule has 0 radical (unpaired) electrons. The van der Waals surface area contributed by atoms with Crippen molar-refractivity contribution >= 4 is 40.7 Å². The highest BCUT2D eigenvalue weighted by Crippen LogP contribution is 2.25. The average molecular weight is 352 g/mol. The van der Waals surface area contributed by atoms with Gasteiger partial charge in [0, 0.05) is 30.9 Å². The molecule has 23 heavy (non-hydrogen) atoms. The van der Waals surface area contributed by atoms with E-state index in [2.05, 4.69) is 10.3 Å². The molecule has 2 aromatic rings. The molecule has 0 saturated carbocycles. The van der Waals surface area contributed by atoms with Crippen molar-refractivity contribution in [2.45, 2.75) is 13.5 Å². The van der Waals surface area contributed by atoms with Crippen molar-refractivity contribution < 1.29 is 9.59 Å². The predicted molar refractivity (Wildman–Crippen MR) is 90.4 cm³/mol. The number of hydrogen-bond donors (Lipinski definition) is 1. The SMILES string of the molecule is CC(=O)N(CC(=O)Nc1cc(Cl)ccc1Cl)Cc1ccncc1. The van der Waals surface area contributed by atoms with E-state index < -0.39 is 0 Å². The van der Waals surface area contributed by atoms with E-state index in [0.29, 0.717) is 22.3 Å². The zero-order chi connectivity index (χ0) is 16.8. The van der Waals surface area contributed by atoms with Gasteiger partial charge in [-0.05, 0) is 35.9 Å². The molecule has 7 heteroatoms. The number of halogens is 2. The molecule has 1 heterocycles. The van der Waals surface area contributed by atoms with E-state index in [1.807, 2.05) is 0 Å². The maximum Gasteiger partial charge on any atom is 0.244 e. The Labute approximate surface area is 144 Å². The molecule has 2 amide bonds. The number of pyridine rings is 1. The molecule has 2 rings (SSSR count). The van der Waals surface area contributed by atoms with Gasteiger partial charge in [0.05, 0.1) is 10.7 Å². The number of aromatic nitrogens is 1. The van der Waals surface area contributed by atoms with Gasteiger partial charge >= 0.3 is 0 Å². The summed E-state index contributed by atoms with van der Waals surface area (Å²) < 4.78 is 0. The second-order valence-electron chi connectivity index (χ2n) is 4.90. The van der Waals surface area contributed by atoms with Crippen LogP contribution in [0.4, 0.5) is 5.69 Å². The summed E-state index contributed by atoms with van der Waals surface area (Å²) in [7, 11) is 0. The molecule has 0 aliphatic rings. The standard InChI is InChI=1S/C16H15Cl2N3O2/c1-11(22)21(9-12-4-6-19-7-5-12)10-16(23)20-15-8-13(17)2-3-14(15)18/h2-8H,9-10H2,1H3,(H,20,23). The first-order valence-electron chi connectivity index (χ1n) is 6.85. The Hall–Kier alpha value is -2.11. The minimum absolute atomic E-state index is 0.0828. The second-order valence-corrected chi connectivity index (χ2v) is 5.75. The predicted octanol–water partition coefficient (Wildman–Crippen LogP) is 3.38. The van der Waals surface area contributed by atoms with Crippen LogP contribution in [-0.4, -0.2) is 28.2 Å². The van der Waals surface area contributed by atoms with E-state index in [0.717, 1.165) is 5.56 Å². The van der Waals surface area contributed by atoms with E-state index in [1.165, 1.54) is 11.8 Å². The van der Waals surface area contributed by atoms with Crippen molar-refractivity contribution in [1.82, 2.24) is 9.88 Å². The topological polar surface area (TPSA) is 62.3 Å². The average Bonchev–Trinajstić information content (AvgIpc) is 2.51. The Balaban J connectivity index is 2.03. The molecule has 0 bridgehead atoms. The molecule has 0 spiro atoms. The molecule has 0 unspecified atom stereocenters. The Kier molecular flexibility index (Phi) is 5.96. The maximum atomic E-state index is 12.2. The zero-order valence-electron chi connectivity index (χ0n) is 12.4. The number of anilines is 1. The van der Waals surface area contributed by atoms with E-state index >= 15 is 0 Å². The first-order valence-corrected chi connectivity index (χ1v) is 7.60. The van der Waals surface area contributed by atoms with Gasteiger partial charge in [0.25, 0.3) is 0 Å². The third kappa shape index (κ3) is 5.23. The number of amides is 2. The molecule has 0 fully saturated rings. The van der Waals surface area contributed by atoms with Crippen LogP contribution in [0.25, 0.3) is 0 Å². The van der Waals surface area contributed by atoms with Crippen molar-refractivity contribution in [3.63, 3.8) is 0 Å². The number of carbonyl (C=O) groups excluding carboxylic acids is 2. The van der Waals surface area contributed by atoms with Gasteiger partial charge in [-0.15, -0.1) is 0 Å². The number of nitrogens with one attached hydrogen (secondary N) is 1. The molecule has 120 valence electrons. The molecular weight excluding hydrogens is 337 g/mol. The smallest absolute Gasteiger partial charge is 0.244 e. The third-order valence-electron chi connectivity index (χ3n) is 3.11. The van der Waals surface area contributed by atoms with Crippen molar-refractivity contribution in [2.75, 3.05) is 11.9 Å². The van der Waals surface area contributed by atoms with Crippen LogP contribution < -0.4 is 5.32 Å².